The first-order valence-electron chi connectivity index (χ1n) is 10.7. The number of ether oxygens (including phenoxy) is 1. The van der Waals surface area contributed by atoms with E-state index in [1.807, 2.05) is 66.5 Å². The van der Waals surface area contributed by atoms with E-state index in [4.69, 9.17) is 4.74 Å². The maximum absolute atomic E-state index is 13.3. The summed E-state index contributed by atoms with van der Waals surface area (Å²) in [7, 11) is 0. The highest BCUT2D eigenvalue weighted by Gasteiger charge is 2.26. The highest BCUT2D eigenvalue weighted by atomic mass is 31.2. The monoisotopic (exact) mass is 430 g/mol. The van der Waals surface area contributed by atoms with Gasteiger partial charge < -0.3 is 4.74 Å². The Morgan fingerprint density at radius 3 is 1.61 bits per heavy atom. The van der Waals surface area contributed by atoms with E-state index in [9.17, 15) is 4.79 Å². The van der Waals surface area contributed by atoms with Crippen molar-refractivity contribution < 1.29 is 9.53 Å². The first kappa shape index (κ1) is 23.0. The first-order valence-corrected chi connectivity index (χ1v) is 12.6. The molecule has 0 aliphatic carbocycles. The van der Waals surface area contributed by atoms with Gasteiger partial charge in [-0.3, -0.25) is 4.79 Å². The summed E-state index contributed by atoms with van der Waals surface area (Å²) >= 11 is 0. The quantitative estimate of drug-likeness (QED) is 0.335. The number of hydrogen-bond acceptors (Lipinski definition) is 2. The molecule has 31 heavy (non-hydrogen) atoms. The van der Waals surface area contributed by atoms with Gasteiger partial charge in [0.15, 0.2) is 5.78 Å². The molecular weight excluding hydrogens is 399 g/mol. The standard InChI is InChI=1S/C28H31O2P/c1-4-14-28(23(2)3)30-21-24(29)22-31(25-15-8-5-9-16-25,26-17-10-6-11-18-26)27-19-12-7-13-20-27/h4-13,15-20,22-23,28H,1,14,21H2,2-3H3. The Morgan fingerprint density at radius 1 is 0.839 bits per heavy atom. The van der Waals surface area contributed by atoms with Crippen molar-refractivity contribution in [3.63, 3.8) is 0 Å². The highest BCUT2D eigenvalue weighted by molar-refractivity contribution is 7.95. The Morgan fingerprint density at radius 2 is 1.26 bits per heavy atom. The van der Waals surface area contributed by atoms with Gasteiger partial charge in [0.25, 0.3) is 0 Å². The van der Waals surface area contributed by atoms with Crippen LogP contribution in [-0.2, 0) is 9.53 Å². The highest BCUT2D eigenvalue weighted by Crippen LogP contribution is 2.43. The average molecular weight is 431 g/mol. The summed E-state index contributed by atoms with van der Waals surface area (Å²) in [4.78, 5) is 13.3. The second-order valence-electron chi connectivity index (χ2n) is 7.94. The minimum Gasteiger partial charge on any atom is -0.370 e. The topological polar surface area (TPSA) is 26.3 Å². The lowest BCUT2D eigenvalue weighted by Crippen LogP contribution is -2.30. The largest absolute Gasteiger partial charge is 0.370 e. The van der Waals surface area contributed by atoms with Crippen LogP contribution in [0.4, 0.5) is 0 Å². The molecule has 0 aliphatic rings. The smallest absolute Gasteiger partial charge is 0.182 e. The molecule has 0 saturated heterocycles. The molecule has 3 aromatic carbocycles. The van der Waals surface area contributed by atoms with E-state index >= 15 is 0 Å². The molecule has 0 bridgehead atoms. The summed E-state index contributed by atoms with van der Waals surface area (Å²) in [6.07, 6.45) is 2.59. The van der Waals surface area contributed by atoms with E-state index < -0.39 is 6.89 Å². The fourth-order valence-electron chi connectivity index (χ4n) is 3.80. The van der Waals surface area contributed by atoms with Gasteiger partial charge >= 0.3 is 0 Å². The van der Waals surface area contributed by atoms with Crippen molar-refractivity contribution in [1.82, 2.24) is 0 Å². The number of ketones is 1. The molecule has 1 atom stereocenters. The molecule has 0 N–H and O–H groups in total. The van der Waals surface area contributed by atoms with Crippen molar-refractivity contribution in [3.05, 3.63) is 104 Å². The molecule has 0 saturated carbocycles. The molecule has 0 radical (unpaired) electrons. The molecule has 2 nitrogen and oxygen atoms in total. The summed E-state index contributed by atoms with van der Waals surface area (Å²) in [5, 5.41) is 3.48. The van der Waals surface area contributed by atoms with Gasteiger partial charge in [-0.15, -0.1) is 6.58 Å². The van der Waals surface area contributed by atoms with Crippen LogP contribution in [0.2, 0.25) is 0 Å². The number of carbonyl (C=O) groups excluding carboxylic acids is 1. The number of rotatable bonds is 10. The van der Waals surface area contributed by atoms with Gasteiger partial charge in [0, 0.05) is 0 Å². The van der Waals surface area contributed by atoms with Crippen molar-refractivity contribution in [3.8, 4) is 0 Å². The first-order chi connectivity index (χ1) is 15.1. The van der Waals surface area contributed by atoms with Crippen molar-refractivity contribution >= 4 is 34.4 Å². The average Bonchev–Trinajstić information content (AvgIpc) is 2.81. The molecule has 0 aliphatic heterocycles. The molecule has 160 valence electrons. The summed E-state index contributed by atoms with van der Waals surface area (Å²) < 4.78 is 6.02. The van der Waals surface area contributed by atoms with Crippen LogP contribution in [0, 0.1) is 5.92 Å². The summed E-state index contributed by atoms with van der Waals surface area (Å²) in [5.74, 6) is 2.28. The third-order valence-electron chi connectivity index (χ3n) is 5.41. The van der Waals surface area contributed by atoms with Crippen LogP contribution in [0.3, 0.4) is 0 Å². The fraction of sp³-hybridized carbons (Fsp3) is 0.214. The van der Waals surface area contributed by atoms with E-state index in [-0.39, 0.29) is 18.5 Å². The molecule has 3 heteroatoms. The number of hydrogen-bond donors (Lipinski definition) is 0. The second-order valence-corrected chi connectivity index (χ2v) is 11.2. The van der Waals surface area contributed by atoms with E-state index in [1.165, 1.54) is 0 Å². The predicted molar refractivity (Wildman–Crippen MR) is 136 cm³/mol. The Bertz CT molecular complexity index is 921. The molecule has 0 amide bonds. The zero-order valence-electron chi connectivity index (χ0n) is 18.4. The van der Waals surface area contributed by atoms with Gasteiger partial charge in [-0.2, -0.15) is 0 Å². The van der Waals surface area contributed by atoms with Crippen LogP contribution in [0.25, 0.3) is 0 Å². The van der Waals surface area contributed by atoms with Gasteiger partial charge in [-0.25, -0.2) is 0 Å². The van der Waals surface area contributed by atoms with Crippen molar-refractivity contribution in [2.45, 2.75) is 26.4 Å². The number of Topliss-reactive ketones (excluding diaryl/α,β-unsaturated/α-hetero) is 1. The lowest BCUT2D eigenvalue weighted by atomic mass is 10.0. The SMILES string of the molecule is C=CCC(OCC(=O)C=P(c1ccccc1)(c1ccccc1)c1ccccc1)C(C)C. The summed E-state index contributed by atoms with van der Waals surface area (Å²) in [5.41, 5.74) is 0. The molecular formula is C28H31O2P. The molecule has 1 unspecified atom stereocenters. The normalized spacial score (nSPS) is 12.4. The van der Waals surface area contributed by atoms with Gasteiger partial charge in [-0.05, 0) is 40.9 Å². The Kier molecular flexibility index (Phi) is 8.23. The van der Waals surface area contributed by atoms with Crippen LogP contribution < -0.4 is 15.9 Å². The van der Waals surface area contributed by atoms with Crippen LogP contribution >= 0.6 is 6.89 Å². The van der Waals surface area contributed by atoms with Crippen molar-refractivity contribution in [1.29, 1.82) is 0 Å². The van der Waals surface area contributed by atoms with E-state index in [0.717, 1.165) is 22.3 Å². The lowest BCUT2D eigenvalue weighted by Gasteiger charge is -2.28. The van der Waals surface area contributed by atoms with Crippen LogP contribution in [-0.4, -0.2) is 24.3 Å². The van der Waals surface area contributed by atoms with Crippen molar-refractivity contribution in [2.24, 2.45) is 5.92 Å². The minimum atomic E-state index is -2.28. The molecule has 0 aromatic heterocycles. The van der Waals surface area contributed by atoms with Gasteiger partial charge in [0.2, 0.25) is 0 Å². The molecule has 3 rings (SSSR count). The lowest BCUT2D eigenvalue weighted by molar-refractivity contribution is -0.119. The van der Waals surface area contributed by atoms with Gasteiger partial charge in [0.1, 0.15) is 6.61 Å². The van der Waals surface area contributed by atoms with E-state index in [2.05, 4.69) is 56.8 Å². The molecule has 0 heterocycles. The number of carbonyl (C=O) groups is 1. The fourth-order valence-corrected chi connectivity index (χ4v) is 7.57. The third-order valence-corrected chi connectivity index (χ3v) is 9.42. The van der Waals surface area contributed by atoms with Gasteiger partial charge in [-0.1, -0.05) is 111 Å². The van der Waals surface area contributed by atoms with Crippen LogP contribution in [0.1, 0.15) is 20.3 Å². The summed E-state index contributed by atoms with van der Waals surface area (Å²) in [6.45, 7) is 5.83. The second kappa shape index (κ2) is 11.1. The third kappa shape index (κ3) is 5.53. The van der Waals surface area contributed by atoms with Crippen molar-refractivity contribution in [2.75, 3.05) is 6.61 Å². The summed E-state index contributed by atoms with van der Waals surface area (Å²) in [6, 6.07) is 31.1. The minimum absolute atomic E-state index is 0.00670. The molecule has 0 spiro atoms. The maximum atomic E-state index is 13.3. The molecule has 0 fully saturated rings. The molecule has 3 aromatic rings. The van der Waals surface area contributed by atoms with E-state index in [1.54, 1.807) is 0 Å². The van der Waals surface area contributed by atoms with Crippen LogP contribution in [0.15, 0.2) is 104 Å². The zero-order chi connectivity index (χ0) is 22.1. The Labute approximate surface area is 186 Å². The Hall–Kier alpha value is -2.67. The predicted octanol–water partition coefficient (Wildman–Crippen LogP) is 4.97. The number of benzene rings is 3. The van der Waals surface area contributed by atoms with Gasteiger partial charge in [0.05, 0.1) is 6.10 Å². The Balaban J connectivity index is 2.13. The van der Waals surface area contributed by atoms with Crippen LogP contribution in [0.5, 0.6) is 0 Å². The zero-order valence-corrected chi connectivity index (χ0v) is 19.2. The maximum Gasteiger partial charge on any atom is 0.182 e. The van der Waals surface area contributed by atoms with E-state index in [0.29, 0.717) is 5.92 Å².